The van der Waals surface area contributed by atoms with Crippen LogP contribution in [-0.2, 0) is 16.1 Å². The van der Waals surface area contributed by atoms with Crippen LogP contribution in [0.1, 0.15) is 59.2 Å². The van der Waals surface area contributed by atoms with Crippen molar-refractivity contribution in [3.05, 3.63) is 120 Å². The van der Waals surface area contributed by atoms with Crippen molar-refractivity contribution in [3.63, 3.8) is 0 Å². The second-order valence-electron chi connectivity index (χ2n) is 13.3. The summed E-state index contributed by atoms with van der Waals surface area (Å²) in [6.07, 6.45) is -2.47. The molecule has 2 aliphatic heterocycles. The van der Waals surface area contributed by atoms with E-state index in [-0.39, 0.29) is 23.4 Å². The fourth-order valence-corrected chi connectivity index (χ4v) is 7.03. The molecule has 2 saturated heterocycles. The van der Waals surface area contributed by atoms with Crippen LogP contribution in [0.15, 0.2) is 97.3 Å². The Morgan fingerprint density at radius 2 is 1.52 bits per heavy atom. The third-order valence-corrected chi connectivity index (χ3v) is 9.80. The molecule has 13 heteroatoms. The van der Waals surface area contributed by atoms with Gasteiger partial charge in [0.2, 0.25) is 5.82 Å². The minimum Gasteiger partial charge on any atom is -0.387 e. The zero-order chi connectivity index (χ0) is 36.0. The lowest BCUT2D eigenvalue weighted by Gasteiger charge is -2.32. The summed E-state index contributed by atoms with van der Waals surface area (Å²) in [5.41, 5.74) is 4.01. The molecule has 0 bridgehead atoms. The lowest BCUT2D eigenvalue weighted by atomic mass is 9.91. The van der Waals surface area contributed by atoms with Crippen molar-refractivity contribution in [2.75, 3.05) is 31.5 Å². The van der Waals surface area contributed by atoms with Gasteiger partial charge in [0.05, 0.1) is 6.33 Å². The molecular formula is C39H44N8O5. The zero-order valence-corrected chi connectivity index (χ0v) is 29.0. The van der Waals surface area contributed by atoms with Crippen LogP contribution >= 0.6 is 0 Å². The Balaban J connectivity index is 1.16. The maximum absolute atomic E-state index is 13.9. The van der Waals surface area contributed by atoms with Gasteiger partial charge in [0.1, 0.15) is 12.2 Å². The van der Waals surface area contributed by atoms with Gasteiger partial charge in [-0.25, -0.2) is 15.0 Å². The Kier molecular flexibility index (Phi) is 10.8. The summed E-state index contributed by atoms with van der Waals surface area (Å²) in [7, 11) is 0. The Morgan fingerprint density at radius 1 is 0.885 bits per heavy atom. The lowest BCUT2D eigenvalue weighted by molar-refractivity contribution is -0.137. The highest BCUT2D eigenvalue weighted by atomic mass is 16.6. The number of nitrogens with zero attached hydrogens (tertiary/aromatic N) is 5. The molecule has 270 valence electrons. The quantitative estimate of drug-likeness (QED) is 0.130. The first kappa shape index (κ1) is 35.2. The van der Waals surface area contributed by atoms with Crippen molar-refractivity contribution in [3.8, 4) is 0 Å². The maximum Gasteiger partial charge on any atom is 0.289 e. The third kappa shape index (κ3) is 7.67. The number of fused-ring (bicyclic) bond motifs is 1. The molecule has 13 nitrogen and oxygen atoms in total. The van der Waals surface area contributed by atoms with E-state index >= 15 is 0 Å². The number of rotatable bonds is 12. The number of carbonyl (C=O) groups excluding carboxylic acids is 2. The molecule has 0 aliphatic carbocycles. The minimum atomic E-state index is -1.48. The van der Waals surface area contributed by atoms with Crippen LogP contribution in [0.4, 0.5) is 5.82 Å². The molecule has 3 aromatic carbocycles. The van der Waals surface area contributed by atoms with Crippen LogP contribution in [0.3, 0.4) is 0 Å². The fourth-order valence-electron chi connectivity index (χ4n) is 7.03. The molecule has 1 unspecified atom stereocenters. The van der Waals surface area contributed by atoms with Gasteiger partial charge in [-0.05, 0) is 36.5 Å². The minimum absolute atomic E-state index is 0.0548. The number of likely N-dealkylation sites (tertiary alicyclic amines) is 1. The first-order valence-corrected chi connectivity index (χ1v) is 17.8. The molecule has 0 radical (unpaired) electrons. The molecule has 4 heterocycles. The van der Waals surface area contributed by atoms with Crippen LogP contribution < -0.4 is 16.0 Å². The zero-order valence-electron chi connectivity index (χ0n) is 29.0. The molecule has 2 amide bonds. The van der Waals surface area contributed by atoms with Crippen LogP contribution in [-0.4, -0.2) is 97.0 Å². The van der Waals surface area contributed by atoms with E-state index in [0.717, 1.165) is 43.6 Å². The van der Waals surface area contributed by atoms with Crippen molar-refractivity contribution in [2.45, 2.75) is 62.8 Å². The highest BCUT2D eigenvalue weighted by molar-refractivity contribution is 5.94. The number of hydrogen-bond acceptors (Lipinski definition) is 10. The van der Waals surface area contributed by atoms with Crippen molar-refractivity contribution in [2.24, 2.45) is 0 Å². The number of hydrogen-bond donors (Lipinski definition) is 5. The van der Waals surface area contributed by atoms with E-state index in [1.165, 1.54) is 16.5 Å². The van der Waals surface area contributed by atoms with Gasteiger partial charge >= 0.3 is 0 Å². The summed E-state index contributed by atoms with van der Waals surface area (Å²) in [5.74, 6) is -0.777. The molecule has 0 saturated carbocycles. The Morgan fingerprint density at radius 3 is 2.15 bits per heavy atom. The number of aliphatic hydroxyl groups is 2. The number of nitrogens with one attached hydrogen (secondary N) is 3. The number of ether oxygens (including phenoxy) is 1. The molecule has 4 atom stereocenters. The molecule has 5 N–H and O–H groups in total. The van der Waals surface area contributed by atoms with Crippen LogP contribution in [0.5, 0.6) is 0 Å². The number of benzene rings is 3. The summed E-state index contributed by atoms with van der Waals surface area (Å²) in [5, 5.41) is 31.0. The number of aromatic nitrogens is 4. The van der Waals surface area contributed by atoms with E-state index in [4.69, 9.17) is 9.72 Å². The number of aliphatic hydroxyl groups excluding tert-OH is 2. The summed E-state index contributed by atoms with van der Waals surface area (Å²) in [6.45, 7) is 5.05. The van der Waals surface area contributed by atoms with Gasteiger partial charge in [0.15, 0.2) is 29.3 Å². The van der Waals surface area contributed by atoms with E-state index in [0.29, 0.717) is 24.4 Å². The first-order chi connectivity index (χ1) is 25.4. The van der Waals surface area contributed by atoms with Crippen LogP contribution in [0, 0.1) is 0 Å². The van der Waals surface area contributed by atoms with Crippen molar-refractivity contribution < 1.29 is 24.5 Å². The number of anilines is 1. The topological polar surface area (TPSA) is 167 Å². The van der Waals surface area contributed by atoms with Crippen LogP contribution in [0.25, 0.3) is 11.2 Å². The summed E-state index contributed by atoms with van der Waals surface area (Å²) in [6, 6.07) is 30.5. The summed E-state index contributed by atoms with van der Waals surface area (Å²) >= 11 is 0. The molecular weight excluding hydrogens is 660 g/mol. The van der Waals surface area contributed by atoms with Gasteiger partial charge in [-0.2, -0.15) is 0 Å². The molecule has 2 aliphatic rings. The van der Waals surface area contributed by atoms with E-state index in [9.17, 15) is 19.8 Å². The number of piperidine rings is 1. The molecule has 52 heavy (non-hydrogen) atoms. The molecule has 0 spiro atoms. The SMILES string of the molecule is CCNC(=O)[C@H]1OC(n2cnc3c(NCC(c4ccccc4)c4ccccc4)nc(C(=O)NC4CCN(Cc5ccccc5)CC4)nc32)[C@H](O)[C@@H]1O. The molecule has 2 aromatic heterocycles. The number of carbonyl (C=O) groups is 2. The first-order valence-electron chi connectivity index (χ1n) is 17.8. The highest BCUT2D eigenvalue weighted by Crippen LogP contribution is 2.33. The van der Waals surface area contributed by atoms with Gasteiger partial charge in [0, 0.05) is 44.7 Å². The standard InChI is InChI=1S/C39H44N8O5/c1-2-40-37(50)33-31(48)32(49)39(52-33)47-24-42-30-34(41-22-29(26-14-8-4-9-15-26)27-16-10-5-11-17-27)44-35(45-36(30)47)38(51)43-28-18-20-46(21-19-28)23-25-12-6-3-7-13-25/h3-17,24,28-29,31-33,39,48-49H,2,18-23H2,1H3,(H,40,50)(H,43,51)(H,41,44,45)/t31-,32+,33-,39?/m0/s1. The summed E-state index contributed by atoms with van der Waals surface area (Å²) in [4.78, 5) is 42.8. The monoisotopic (exact) mass is 704 g/mol. The van der Waals surface area contributed by atoms with Gasteiger partial charge in [0.25, 0.3) is 11.8 Å². The van der Waals surface area contributed by atoms with E-state index in [1.807, 2.05) is 54.6 Å². The van der Waals surface area contributed by atoms with E-state index < -0.39 is 36.4 Å². The van der Waals surface area contributed by atoms with Gasteiger partial charge in [-0.1, -0.05) is 91.0 Å². The van der Waals surface area contributed by atoms with Gasteiger partial charge in [-0.15, -0.1) is 0 Å². The second kappa shape index (κ2) is 16.0. The average Bonchev–Trinajstić information content (AvgIpc) is 3.73. The van der Waals surface area contributed by atoms with E-state index in [2.05, 4.69) is 67.2 Å². The highest BCUT2D eigenvalue weighted by Gasteiger charge is 2.47. The smallest absolute Gasteiger partial charge is 0.289 e. The predicted octanol–water partition coefficient (Wildman–Crippen LogP) is 3.22. The normalized spacial score (nSPS) is 21.0. The average molecular weight is 705 g/mol. The largest absolute Gasteiger partial charge is 0.387 e. The Hall–Kier alpha value is -5.21. The number of likely N-dealkylation sites (N-methyl/N-ethyl adjacent to an activating group) is 1. The number of amides is 2. The van der Waals surface area contributed by atoms with Crippen molar-refractivity contribution in [1.82, 2.24) is 35.1 Å². The summed E-state index contributed by atoms with van der Waals surface area (Å²) < 4.78 is 7.35. The van der Waals surface area contributed by atoms with Crippen molar-refractivity contribution >= 4 is 28.8 Å². The Labute approximate surface area is 302 Å². The van der Waals surface area contributed by atoms with Gasteiger partial charge < -0.3 is 30.9 Å². The van der Waals surface area contributed by atoms with Gasteiger partial charge in [-0.3, -0.25) is 19.1 Å². The lowest BCUT2D eigenvalue weighted by Crippen LogP contribution is -2.44. The molecule has 7 rings (SSSR count). The molecule has 5 aromatic rings. The predicted molar refractivity (Wildman–Crippen MR) is 195 cm³/mol. The molecule has 2 fully saturated rings. The maximum atomic E-state index is 13.9. The van der Waals surface area contributed by atoms with E-state index in [1.54, 1.807) is 6.92 Å². The third-order valence-electron chi connectivity index (χ3n) is 9.80. The number of imidazole rings is 1. The second-order valence-corrected chi connectivity index (χ2v) is 13.3. The van der Waals surface area contributed by atoms with Crippen LogP contribution in [0.2, 0.25) is 0 Å². The fraction of sp³-hybridized carbons (Fsp3) is 0.359. The van der Waals surface area contributed by atoms with Crippen molar-refractivity contribution in [1.29, 1.82) is 0 Å². The Bertz CT molecular complexity index is 1910.